The highest BCUT2D eigenvalue weighted by Gasteiger charge is 2.54. The Morgan fingerprint density at radius 1 is 0.931 bits per heavy atom. The van der Waals surface area contributed by atoms with Gasteiger partial charge in [-0.25, -0.2) is 4.98 Å². The molecule has 2 aromatic rings. The van der Waals surface area contributed by atoms with E-state index >= 15 is 0 Å². The number of carbonyl (C=O) groups is 1. The quantitative estimate of drug-likeness (QED) is 0.516. The van der Waals surface area contributed by atoms with Gasteiger partial charge in [-0.2, -0.15) is 4.98 Å². The molecule has 1 aliphatic carbocycles. The summed E-state index contributed by atoms with van der Waals surface area (Å²) in [4.78, 5) is 26.3. The molecule has 1 amide bonds. The summed E-state index contributed by atoms with van der Waals surface area (Å²) in [5.74, 6) is 0.561. The highest BCUT2D eigenvalue weighted by atomic mass is 35.5. The maximum Gasteiger partial charge on any atom is 0.243 e. The van der Waals surface area contributed by atoms with Crippen molar-refractivity contribution >= 4 is 46.3 Å². The minimum atomic E-state index is -0.641. The van der Waals surface area contributed by atoms with Crippen molar-refractivity contribution in [2.45, 2.75) is 37.5 Å². The summed E-state index contributed by atoms with van der Waals surface area (Å²) in [6, 6.07) is 8.03. The Morgan fingerprint density at radius 2 is 1.59 bits per heavy atom. The van der Waals surface area contributed by atoms with Gasteiger partial charge in [0, 0.05) is 24.3 Å². The fraction of sp³-hybridized carbons (Fsp3) is 0.476. The van der Waals surface area contributed by atoms with Crippen molar-refractivity contribution in [3.8, 4) is 0 Å². The largest absolute Gasteiger partial charge is 0.378 e. The summed E-state index contributed by atoms with van der Waals surface area (Å²) < 4.78 is 5.43. The SMILES string of the molecule is O=C1N(c2ccc(N3CCOCC3)cc2)c2nc(Cl)nc(Cl)c2C12CCCCC2. The van der Waals surface area contributed by atoms with Crippen molar-refractivity contribution in [1.29, 1.82) is 0 Å². The van der Waals surface area contributed by atoms with Crippen LogP contribution in [0.25, 0.3) is 0 Å². The minimum absolute atomic E-state index is 0.0322. The van der Waals surface area contributed by atoms with Gasteiger partial charge >= 0.3 is 0 Å². The molecule has 2 aliphatic heterocycles. The van der Waals surface area contributed by atoms with Crippen LogP contribution < -0.4 is 9.80 Å². The van der Waals surface area contributed by atoms with Gasteiger partial charge in [0.2, 0.25) is 11.2 Å². The smallest absolute Gasteiger partial charge is 0.243 e. The summed E-state index contributed by atoms with van der Waals surface area (Å²) in [6.45, 7) is 3.20. The van der Waals surface area contributed by atoms with E-state index in [1.807, 2.05) is 24.3 Å². The van der Waals surface area contributed by atoms with Crippen molar-refractivity contribution < 1.29 is 9.53 Å². The first-order chi connectivity index (χ1) is 14.1. The molecule has 1 saturated heterocycles. The number of halogens is 2. The maximum atomic E-state index is 13.7. The number of benzene rings is 1. The van der Waals surface area contributed by atoms with E-state index < -0.39 is 5.41 Å². The molecular weight excluding hydrogens is 411 g/mol. The Morgan fingerprint density at radius 3 is 2.28 bits per heavy atom. The zero-order valence-corrected chi connectivity index (χ0v) is 17.5. The Balaban J connectivity index is 1.56. The standard InChI is InChI=1S/C21H22Cl2N4O2/c22-17-16-18(25-20(23)24-17)27(19(28)21(16)8-2-1-3-9-21)15-6-4-14(5-7-15)26-10-12-29-13-11-26/h4-7H,1-3,8-13H2. The van der Waals surface area contributed by atoms with Crippen LogP contribution in [0, 0.1) is 0 Å². The number of amides is 1. The lowest BCUT2D eigenvalue weighted by atomic mass is 9.71. The van der Waals surface area contributed by atoms with E-state index in [4.69, 9.17) is 27.9 Å². The summed E-state index contributed by atoms with van der Waals surface area (Å²) >= 11 is 12.6. The van der Waals surface area contributed by atoms with E-state index in [9.17, 15) is 4.79 Å². The van der Waals surface area contributed by atoms with Gasteiger partial charge in [-0.05, 0) is 48.7 Å². The normalized spacial score (nSPS) is 21.0. The lowest BCUT2D eigenvalue weighted by Gasteiger charge is -2.32. The molecule has 29 heavy (non-hydrogen) atoms. The van der Waals surface area contributed by atoms with Crippen LogP contribution in [0.1, 0.15) is 37.7 Å². The summed E-state index contributed by atoms with van der Waals surface area (Å²) in [5, 5.41) is 0.354. The molecule has 3 heterocycles. The fourth-order valence-electron chi connectivity index (χ4n) is 4.88. The first-order valence-electron chi connectivity index (χ1n) is 10.1. The number of hydrogen-bond acceptors (Lipinski definition) is 5. The van der Waals surface area contributed by atoms with Crippen LogP contribution >= 0.6 is 23.2 Å². The van der Waals surface area contributed by atoms with E-state index in [0.29, 0.717) is 11.0 Å². The summed E-state index contributed by atoms with van der Waals surface area (Å²) in [6.07, 6.45) is 4.66. The second kappa shape index (κ2) is 7.42. The number of rotatable bonds is 2. The number of carbonyl (C=O) groups excluding carboxylic acids is 1. The zero-order valence-electron chi connectivity index (χ0n) is 16.0. The lowest BCUT2D eigenvalue weighted by Crippen LogP contribution is -2.40. The summed E-state index contributed by atoms with van der Waals surface area (Å²) in [7, 11) is 0. The number of fused-ring (bicyclic) bond motifs is 2. The molecule has 152 valence electrons. The third-order valence-electron chi connectivity index (χ3n) is 6.31. The molecular formula is C21H22Cl2N4O2. The van der Waals surface area contributed by atoms with Crippen molar-refractivity contribution in [2.75, 3.05) is 36.1 Å². The topological polar surface area (TPSA) is 58.6 Å². The van der Waals surface area contributed by atoms with E-state index in [1.165, 1.54) is 0 Å². The summed E-state index contributed by atoms with van der Waals surface area (Å²) in [5.41, 5.74) is 2.00. The van der Waals surface area contributed by atoms with E-state index in [0.717, 1.165) is 75.3 Å². The average molecular weight is 433 g/mol. The van der Waals surface area contributed by atoms with Gasteiger partial charge in [-0.1, -0.05) is 30.9 Å². The number of morpholine rings is 1. The van der Waals surface area contributed by atoms with Crippen LogP contribution in [0.5, 0.6) is 0 Å². The van der Waals surface area contributed by atoms with E-state index in [1.54, 1.807) is 4.90 Å². The highest BCUT2D eigenvalue weighted by molar-refractivity contribution is 6.34. The molecule has 0 unspecified atom stereocenters. The molecule has 5 rings (SSSR count). The van der Waals surface area contributed by atoms with Crippen molar-refractivity contribution in [3.63, 3.8) is 0 Å². The van der Waals surface area contributed by atoms with Crippen LogP contribution in [-0.4, -0.2) is 42.2 Å². The highest BCUT2D eigenvalue weighted by Crippen LogP contribution is 2.53. The molecule has 3 aliphatic rings. The first-order valence-corrected chi connectivity index (χ1v) is 10.9. The first kappa shape index (κ1) is 19.1. The van der Waals surface area contributed by atoms with Crippen LogP contribution in [0.2, 0.25) is 10.4 Å². The fourth-order valence-corrected chi connectivity index (χ4v) is 5.43. The number of aromatic nitrogens is 2. The molecule has 0 N–H and O–H groups in total. The molecule has 1 saturated carbocycles. The molecule has 0 atom stereocenters. The van der Waals surface area contributed by atoms with Gasteiger partial charge < -0.3 is 9.64 Å². The van der Waals surface area contributed by atoms with E-state index in [-0.39, 0.29) is 11.2 Å². The third kappa shape index (κ3) is 3.09. The molecule has 8 heteroatoms. The van der Waals surface area contributed by atoms with Crippen LogP contribution in [0.4, 0.5) is 17.2 Å². The van der Waals surface area contributed by atoms with Gasteiger partial charge in [-0.3, -0.25) is 9.69 Å². The Hall–Kier alpha value is -1.89. The second-order valence-electron chi connectivity index (χ2n) is 7.88. The molecule has 2 fully saturated rings. The number of hydrogen-bond donors (Lipinski definition) is 0. The van der Waals surface area contributed by atoms with Gasteiger partial charge in [0.15, 0.2) is 5.82 Å². The molecule has 6 nitrogen and oxygen atoms in total. The predicted molar refractivity (Wildman–Crippen MR) is 113 cm³/mol. The van der Waals surface area contributed by atoms with Gasteiger partial charge in [0.1, 0.15) is 5.15 Å². The Bertz CT molecular complexity index is 938. The van der Waals surface area contributed by atoms with Crippen molar-refractivity contribution in [2.24, 2.45) is 0 Å². The molecule has 0 bridgehead atoms. The predicted octanol–water partition coefficient (Wildman–Crippen LogP) is 4.50. The lowest BCUT2D eigenvalue weighted by molar-refractivity contribution is -0.123. The number of anilines is 3. The van der Waals surface area contributed by atoms with Crippen LogP contribution in [0.15, 0.2) is 24.3 Å². The van der Waals surface area contributed by atoms with Crippen molar-refractivity contribution in [3.05, 3.63) is 40.3 Å². The molecule has 1 aromatic heterocycles. The minimum Gasteiger partial charge on any atom is -0.378 e. The van der Waals surface area contributed by atoms with E-state index in [2.05, 4.69) is 14.9 Å². The van der Waals surface area contributed by atoms with Crippen LogP contribution in [-0.2, 0) is 14.9 Å². The molecule has 0 radical (unpaired) electrons. The van der Waals surface area contributed by atoms with Gasteiger partial charge in [0.05, 0.1) is 24.3 Å². The maximum absolute atomic E-state index is 13.7. The number of ether oxygens (including phenoxy) is 1. The third-order valence-corrected chi connectivity index (χ3v) is 6.76. The van der Waals surface area contributed by atoms with Crippen molar-refractivity contribution in [1.82, 2.24) is 9.97 Å². The second-order valence-corrected chi connectivity index (χ2v) is 8.58. The van der Waals surface area contributed by atoms with Gasteiger partial charge in [-0.15, -0.1) is 0 Å². The monoisotopic (exact) mass is 432 g/mol. The zero-order chi connectivity index (χ0) is 20.0. The van der Waals surface area contributed by atoms with Crippen LogP contribution in [0.3, 0.4) is 0 Å². The molecule has 1 aromatic carbocycles. The Kier molecular flexibility index (Phi) is 4.88. The van der Waals surface area contributed by atoms with Gasteiger partial charge in [0.25, 0.3) is 0 Å². The average Bonchev–Trinajstić information content (AvgIpc) is 2.97. The molecule has 1 spiro atoms. The number of nitrogens with zero attached hydrogens (tertiary/aromatic N) is 4. The Labute approximate surface area is 179 Å².